The van der Waals surface area contributed by atoms with Crippen LogP contribution in [0.1, 0.15) is 43.9 Å². The molecule has 1 aliphatic carbocycles. The third kappa shape index (κ3) is 4.86. The molecule has 1 N–H and O–H groups in total. The molecule has 1 unspecified atom stereocenters. The fourth-order valence-electron chi connectivity index (χ4n) is 4.56. The molecule has 34 heavy (non-hydrogen) atoms. The lowest BCUT2D eigenvalue weighted by molar-refractivity contribution is -0.149. The fraction of sp³-hybridized carbons (Fsp3) is 0.357. The minimum Gasteiger partial charge on any atom is -0.467 e. The summed E-state index contributed by atoms with van der Waals surface area (Å²) in [6.45, 7) is 7.42. The monoisotopic (exact) mass is 461 g/mol. The second-order valence-corrected chi connectivity index (χ2v) is 9.84. The van der Waals surface area contributed by atoms with E-state index in [1.807, 2.05) is 36.4 Å². The van der Waals surface area contributed by atoms with Crippen molar-refractivity contribution in [2.45, 2.75) is 58.1 Å². The average Bonchev–Trinajstić information content (AvgIpc) is 2.77. The van der Waals surface area contributed by atoms with E-state index in [0.717, 1.165) is 33.2 Å². The molecule has 0 saturated carbocycles. The van der Waals surface area contributed by atoms with Gasteiger partial charge in [0.15, 0.2) is 0 Å². The lowest BCUT2D eigenvalue weighted by Gasteiger charge is -2.36. The van der Waals surface area contributed by atoms with Crippen LogP contribution in [-0.2, 0) is 27.1 Å². The van der Waals surface area contributed by atoms with Crippen LogP contribution in [-0.4, -0.2) is 30.3 Å². The molecule has 1 aliphatic rings. The van der Waals surface area contributed by atoms with Crippen LogP contribution in [0.5, 0.6) is 11.5 Å². The maximum Gasteiger partial charge on any atom is 0.408 e. The molecule has 0 fully saturated rings. The van der Waals surface area contributed by atoms with Gasteiger partial charge in [0.25, 0.3) is 0 Å². The first-order chi connectivity index (χ1) is 16.1. The number of amides is 1. The number of esters is 1. The molecule has 3 aromatic carbocycles. The second-order valence-electron chi connectivity index (χ2n) is 9.84. The number of hydrogen-bond acceptors (Lipinski definition) is 5. The summed E-state index contributed by atoms with van der Waals surface area (Å²) in [5.41, 5.74) is 1.32. The number of carbonyl (C=O) groups is 2. The number of hydrogen-bond donors (Lipinski definition) is 1. The van der Waals surface area contributed by atoms with E-state index in [-0.39, 0.29) is 0 Å². The van der Waals surface area contributed by atoms with Crippen LogP contribution >= 0.6 is 0 Å². The maximum absolute atomic E-state index is 12.8. The van der Waals surface area contributed by atoms with E-state index in [0.29, 0.717) is 25.0 Å². The van der Waals surface area contributed by atoms with Crippen molar-refractivity contribution in [2.24, 2.45) is 0 Å². The van der Waals surface area contributed by atoms with Crippen molar-refractivity contribution in [3.63, 3.8) is 0 Å². The molecular weight excluding hydrogens is 430 g/mol. The molecule has 0 bridgehead atoms. The molecule has 4 rings (SSSR count). The summed E-state index contributed by atoms with van der Waals surface area (Å²) in [6, 6.07) is 18.1. The minimum atomic E-state index is -1.20. The predicted octanol–water partition coefficient (Wildman–Crippen LogP) is 5.87. The molecular formula is C28H31NO5. The van der Waals surface area contributed by atoms with Crippen molar-refractivity contribution in [1.82, 2.24) is 5.32 Å². The van der Waals surface area contributed by atoms with E-state index in [9.17, 15) is 9.59 Å². The van der Waals surface area contributed by atoms with E-state index < -0.39 is 23.2 Å². The van der Waals surface area contributed by atoms with Crippen LogP contribution in [0, 0.1) is 6.92 Å². The standard InChI is InChI=1S/C28H31NO5/c1-18-8-6-9-20-10-7-11-23(24(18)20)33-22-13-12-19-14-15-28(25(30)32-5,17-21(19)16-22)29-26(31)34-27(2,3)4/h6-13,16H,14-15,17H2,1-5H3,(H,29,31). The van der Waals surface area contributed by atoms with Gasteiger partial charge in [0.2, 0.25) is 0 Å². The first-order valence-electron chi connectivity index (χ1n) is 11.5. The number of methoxy groups -OCH3 is 1. The Labute approximate surface area is 200 Å². The summed E-state index contributed by atoms with van der Waals surface area (Å²) in [5, 5.41) is 4.99. The number of aryl methyl sites for hydroxylation is 2. The smallest absolute Gasteiger partial charge is 0.408 e. The molecule has 1 atom stereocenters. The zero-order valence-corrected chi connectivity index (χ0v) is 20.4. The van der Waals surface area contributed by atoms with Crippen molar-refractivity contribution >= 4 is 22.8 Å². The molecule has 0 aliphatic heterocycles. The number of fused-ring (bicyclic) bond motifs is 2. The molecule has 6 nitrogen and oxygen atoms in total. The fourth-order valence-corrected chi connectivity index (χ4v) is 4.56. The van der Waals surface area contributed by atoms with Gasteiger partial charge < -0.3 is 19.5 Å². The quantitative estimate of drug-likeness (QED) is 0.492. The van der Waals surface area contributed by atoms with Crippen LogP contribution in [0.15, 0.2) is 54.6 Å². The summed E-state index contributed by atoms with van der Waals surface area (Å²) in [5.74, 6) is 0.963. The first kappa shape index (κ1) is 23.6. The van der Waals surface area contributed by atoms with E-state index in [2.05, 4.69) is 30.4 Å². The highest BCUT2D eigenvalue weighted by Crippen LogP contribution is 2.36. The van der Waals surface area contributed by atoms with Crippen LogP contribution in [0.4, 0.5) is 4.79 Å². The highest BCUT2D eigenvalue weighted by atomic mass is 16.6. The summed E-state index contributed by atoms with van der Waals surface area (Å²) in [4.78, 5) is 25.4. The van der Waals surface area contributed by atoms with Gasteiger partial charge in [-0.2, -0.15) is 0 Å². The first-order valence-corrected chi connectivity index (χ1v) is 11.5. The Morgan fingerprint density at radius 1 is 1.00 bits per heavy atom. The summed E-state index contributed by atoms with van der Waals surface area (Å²) in [7, 11) is 1.33. The van der Waals surface area contributed by atoms with Gasteiger partial charge >= 0.3 is 12.1 Å². The van der Waals surface area contributed by atoms with Gasteiger partial charge in [0, 0.05) is 11.8 Å². The molecule has 0 saturated heterocycles. The van der Waals surface area contributed by atoms with Gasteiger partial charge in [0.1, 0.15) is 22.6 Å². The number of alkyl carbamates (subject to hydrolysis) is 1. The van der Waals surface area contributed by atoms with Crippen molar-refractivity contribution in [2.75, 3.05) is 7.11 Å². The van der Waals surface area contributed by atoms with Gasteiger partial charge in [-0.1, -0.05) is 36.4 Å². The Bertz CT molecular complexity index is 1240. The van der Waals surface area contributed by atoms with Gasteiger partial charge in [-0.3, -0.25) is 0 Å². The predicted molar refractivity (Wildman–Crippen MR) is 131 cm³/mol. The highest BCUT2D eigenvalue weighted by molar-refractivity contribution is 5.91. The van der Waals surface area contributed by atoms with Crippen molar-refractivity contribution in [3.8, 4) is 11.5 Å². The summed E-state index contributed by atoms with van der Waals surface area (Å²) >= 11 is 0. The number of nitrogens with one attached hydrogen (secondary N) is 1. The molecule has 0 aromatic heterocycles. The van der Waals surface area contributed by atoms with Crippen molar-refractivity contribution in [3.05, 3.63) is 71.3 Å². The Kier molecular flexibility index (Phi) is 6.26. The Balaban J connectivity index is 1.64. The van der Waals surface area contributed by atoms with Gasteiger partial charge in [-0.15, -0.1) is 0 Å². The summed E-state index contributed by atoms with van der Waals surface area (Å²) in [6.07, 6.45) is 0.697. The van der Waals surface area contributed by atoms with Gasteiger partial charge in [0.05, 0.1) is 7.11 Å². The molecule has 0 heterocycles. The topological polar surface area (TPSA) is 73.9 Å². The second kappa shape index (κ2) is 9.01. The molecule has 6 heteroatoms. The van der Waals surface area contributed by atoms with E-state index in [4.69, 9.17) is 14.2 Å². The molecule has 0 radical (unpaired) electrons. The zero-order valence-electron chi connectivity index (χ0n) is 20.4. The average molecular weight is 462 g/mol. The maximum atomic E-state index is 12.8. The van der Waals surface area contributed by atoms with Crippen molar-refractivity contribution < 1.29 is 23.8 Å². The molecule has 0 spiro atoms. The number of ether oxygens (including phenoxy) is 3. The SMILES string of the molecule is COC(=O)C1(NC(=O)OC(C)(C)C)CCc2ccc(Oc3cccc4cccc(C)c34)cc2C1. The van der Waals surface area contributed by atoms with Crippen LogP contribution in [0.2, 0.25) is 0 Å². The Morgan fingerprint density at radius 2 is 1.74 bits per heavy atom. The molecule has 1 amide bonds. The third-order valence-electron chi connectivity index (χ3n) is 6.11. The van der Waals surface area contributed by atoms with Gasteiger partial charge in [-0.05, 0) is 80.8 Å². The highest BCUT2D eigenvalue weighted by Gasteiger charge is 2.44. The lowest BCUT2D eigenvalue weighted by atomic mass is 9.78. The minimum absolute atomic E-state index is 0.292. The zero-order chi connectivity index (χ0) is 24.5. The third-order valence-corrected chi connectivity index (χ3v) is 6.11. The van der Waals surface area contributed by atoms with Crippen LogP contribution in [0.3, 0.4) is 0 Å². The summed E-state index contributed by atoms with van der Waals surface area (Å²) < 4.78 is 16.8. The Hall–Kier alpha value is -3.54. The largest absolute Gasteiger partial charge is 0.467 e. The van der Waals surface area contributed by atoms with Gasteiger partial charge in [-0.25, -0.2) is 9.59 Å². The molecule has 3 aromatic rings. The van der Waals surface area contributed by atoms with E-state index in [1.165, 1.54) is 7.11 Å². The van der Waals surface area contributed by atoms with Crippen LogP contribution < -0.4 is 10.1 Å². The number of rotatable bonds is 4. The van der Waals surface area contributed by atoms with Crippen molar-refractivity contribution in [1.29, 1.82) is 0 Å². The Morgan fingerprint density at radius 3 is 2.44 bits per heavy atom. The normalized spacial score (nSPS) is 17.6. The van der Waals surface area contributed by atoms with Crippen LogP contribution in [0.25, 0.3) is 10.8 Å². The van der Waals surface area contributed by atoms with E-state index >= 15 is 0 Å². The number of benzene rings is 3. The van der Waals surface area contributed by atoms with E-state index in [1.54, 1.807) is 20.8 Å². The number of carbonyl (C=O) groups excluding carboxylic acids is 2. The lowest BCUT2D eigenvalue weighted by Crippen LogP contribution is -2.59. The molecule has 178 valence electrons.